The van der Waals surface area contributed by atoms with Gasteiger partial charge in [-0.25, -0.2) is 0 Å². The monoisotopic (exact) mass is 207 g/mol. The summed E-state index contributed by atoms with van der Waals surface area (Å²) in [5, 5.41) is 3.10. The molecule has 1 N–H and O–H groups in total. The SMILES string of the molecule is C=CC1=C(C=C)OCC(C(=O)C(C)C)N1. The number of Topliss-reactive ketones (excluding diaryl/α,β-unsaturated/α-hetero) is 1. The lowest BCUT2D eigenvalue weighted by atomic mass is 10.0. The zero-order chi connectivity index (χ0) is 11.4. The Kier molecular flexibility index (Phi) is 3.72. The van der Waals surface area contributed by atoms with Crippen LogP contribution < -0.4 is 5.32 Å². The van der Waals surface area contributed by atoms with Crippen LogP contribution in [0, 0.1) is 5.92 Å². The van der Waals surface area contributed by atoms with Crippen LogP contribution in [-0.2, 0) is 9.53 Å². The predicted molar refractivity (Wildman–Crippen MR) is 60.1 cm³/mol. The van der Waals surface area contributed by atoms with Crippen LogP contribution in [0.3, 0.4) is 0 Å². The van der Waals surface area contributed by atoms with Crippen LogP contribution in [0.4, 0.5) is 0 Å². The van der Waals surface area contributed by atoms with E-state index in [2.05, 4.69) is 18.5 Å². The third-order valence-electron chi connectivity index (χ3n) is 2.30. The molecule has 1 heterocycles. The Balaban J connectivity index is 2.80. The third kappa shape index (κ3) is 2.49. The van der Waals surface area contributed by atoms with Gasteiger partial charge in [0, 0.05) is 5.92 Å². The second-order valence-corrected chi connectivity index (χ2v) is 3.75. The molecule has 1 unspecified atom stereocenters. The van der Waals surface area contributed by atoms with Gasteiger partial charge < -0.3 is 10.1 Å². The van der Waals surface area contributed by atoms with Crippen LogP contribution in [-0.4, -0.2) is 18.4 Å². The van der Waals surface area contributed by atoms with Crippen molar-refractivity contribution in [3.63, 3.8) is 0 Å². The first-order valence-corrected chi connectivity index (χ1v) is 5.02. The van der Waals surface area contributed by atoms with Crippen LogP contribution in [0.15, 0.2) is 36.8 Å². The molecule has 0 aromatic rings. The number of rotatable bonds is 4. The minimum Gasteiger partial charge on any atom is -0.489 e. The van der Waals surface area contributed by atoms with E-state index < -0.39 is 0 Å². The Morgan fingerprint density at radius 3 is 2.67 bits per heavy atom. The van der Waals surface area contributed by atoms with Gasteiger partial charge in [0.2, 0.25) is 0 Å². The summed E-state index contributed by atoms with van der Waals surface area (Å²) in [6.07, 6.45) is 3.25. The highest BCUT2D eigenvalue weighted by atomic mass is 16.5. The summed E-state index contributed by atoms with van der Waals surface area (Å²) in [4.78, 5) is 11.7. The van der Waals surface area contributed by atoms with Crippen molar-refractivity contribution in [1.82, 2.24) is 5.32 Å². The number of allylic oxidation sites excluding steroid dienone is 2. The molecule has 1 aliphatic heterocycles. The van der Waals surface area contributed by atoms with Crippen LogP contribution in [0.5, 0.6) is 0 Å². The van der Waals surface area contributed by atoms with E-state index in [1.165, 1.54) is 0 Å². The molecule has 82 valence electrons. The zero-order valence-corrected chi connectivity index (χ0v) is 9.25. The van der Waals surface area contributed by atoms with Crippen LogP contribution >= 0.6 is 0 Å². The number of carbonyl (C=O) groups is 1. The molecule has 15 heavy (non-hydrogen) atoms. The number of hydrogen-bond acceptors (Lipinski definition) is 3. The second-order valence-electron chi connectivity index (χ2n) is 3.75. The Bertz CT molecular complexity index is 316. The van der Waals surface area contributed by atoms with Crippen molar-refractivity contribution in [3.8, 4) is 0 Å². The lowest BCUT2D eigenvalue weighted by Gasteiger charge is -2.27. The summed E-state index contributed by atoms with van der Waals surface area (Å²) in [6, 6.07) is -0.276. The molecular weight excluding hydrogens is 190 g/mol. The molecule has 3 nitrogen and oxygen atoms in total. The van der Waals surface area contributed by atoms with Gasteiger partial charge in [0.25, 0.3) is 0 Å². The number of carbonyl (C=O) groups excluding carboxylic acids is 1. The molecule has 0 aromatic heterocycles. The topological polar surface area (TPSA) is 38.3 Å². The van der Waals surface area contributed by atoms with Gasteiger partial charge in [-0.05, 0) is 12.2 Å². The predicted octanol–water partition coefficient (Wildman–Crippen LogP) is 1.78. The van der Waals surface area contributed by atoms with Crippen molar-refractivity contribution in [2.75, 3.05) is 6.61 Å². The summed E-state index contributed by atoms with van der Waals surface area (Å²) in [7, 11) is 0. The van der Waals surface area contributed by atoms with Crippen LogP contribution in [0.1, 0.15) is 13.8 Å². The highest BCUT2D eigenvalue weighted by Crippen LogP contribution is 2.15. The lowest BCUT2D eigenvalue weighted by Crippen LogP contribution is -2.45. The smallest absolute Gasteiger partial charge is 0.161 e. The maximum absolute atomic E-state index is 11.7. The van der Waals surface area contributed by atoms with Crippen molar-refractivity contribution >= 4 is 5.78 Å². The minimum absolute atomic E-state index is 0.00227. The molecular formula is C12H17NO2. The summed E-state index contributed by atoms with van der Waals surface area (Å²) < 4.78 is 5.42. The Labute approximate surface area is 90.5 Å². The van der Waals surface area contributed by atoms with E-state index in [0.29, 0.717) is 12.4 Å². The molecule has 1 aliphatic rings. The third-order valence-corrected chi connectivity index (χ3v) is 2.30. The highest BCUT2D eigenvalue weighted by Gasteiger charge is 2.26. The fraction of sp³-hybridized carbons (Fsp3) is 0.417. The Morgan fingerprint density at radius 2 is 2.20 bits per heavy atom. The fourth-order valence-corrected chi connectivity index (χ4v) is 1.44. The van der Waals surface area contributed by atoms with Crippen molar-refractivity contribution in [2.45, 2.75) is 19.9 Å². The first-order chi connectivity index (χ1) is 7.10. The number of ether oxygens (including phenoxy) is 1. The van der Waals surface area contributed by atoms with Crippen LogP contribution in [0.25, 0.3) is 0 Å². The Hall–Kier alpha value is -1.51. The number of nitrogens with one attached hydrogen (secondary N) is 1. The van der Waals surface area contributed by atoms with E-state index in [4.69, 9.17) is 4.74 Å². The van der Waals surface area contributed by atoms with Gasteiger partial charge in [-0.3, -0.25) is 4.79 Å². The molecule has 0 radical (unpaired) electrons. The van der Waals surface area contributed by atoms with Gasteiger partial charge >= 0.3 is 0 Å². The average Bonchev–Trinajstić information content (AvgIpc) is 2.26. The fourth-order valence-electron chi connectivity index (χ4n) is 1.44. The number of hydrogen-bond donors (Lipinski definition) is 1. The summed E-state index contributed by atoms with van der Waals surface area (Å²) in [5.41, 5.74) is 0.732. The quantitative estimate of drug-likeness (QED) is 0.763. The maximum Gasteiger partial charge on any atom is 0.161 e. The second kappa shape index (κ2) is 4.82. The molecule has 0 spiro atoms. The molecule has 0 aliphatic carbocycles. The van der Waals surface area contributed by atoms with Gasteiger partial charge in [-0.2, -0.15) is 0 Å². The van der Waals surface area contributed by atoms with E-state index in [1.54, 1.807) is 12.2 Å². The van der Waals surface area contributed by atoms with E-state index in [-0.39, 0.29) is 17.7 Å². The van der Waals surface area contributed by atoms with Gasteiger partial charge in [0.15, 0.2) is 5.78 Å². The molecule has 0 fully saturated rings. The zero-order valence-electron chi connectivity index (χ0n) is 9.25. The minimum atomic E-state index is -0.276. The summed E-state index contributed by atoms with van der Waals surface area (Å²) >= 11 is 0. The summed E-state index contributed by atoms with van der Waals surface area (Å²) in [5.74, 6) is 0.803. The van der Waals surface area contributed by atoms with Crippen molar-refractivity contribution in [3.05, 3.63) is 36.8 Å². The Morgan fingerprint density at radius 1 is 1.53 bits per heavy atom. The average molecular weight is 207 g/mol. The first-order valence-electron chi connectivity index (χ1n) is 5.02. The van der Waals surface area contributed by atoms with Crippen molar-refractivity contribution < 1.29 is 9.53 Å². The number of ketones is 1. The largest absolute Gasteiger partial charge is 0.489 e. The van der Waals surface area contributed by atoms with E-state index in [1.807, 2.05) is 13.8 Å². The van der Waals surface area contributed by atoms with Gasteiger partial charge in [0.05, 0.1) is 5.70 Å². The van der Waals surface area contributed by atoms with Crippen molar-refractivity contribution in [2.24, 2.45) is 5.92 Å². The molecule has 0 aromatic carbocycles. The molecule has 3 heteroatoms. The normalized spacial score (nSPS) is 20.6. The molecule has 0 saturated carbocycles. The summed E-state index contributed by atoms with van der Waals surface area (Å²) in [6.45, 7) is 11.4. The van der Waals surface area contributed by atoms with Gasteiger partial charge in [0.1, 0.15) is 18.4 Å². The molecule has 1 atom stereocenters. The van der Waals surface area contributed by atoms with Gasteiger partial charge in [-0.15, -0.1) is 0 Å². The standard InChI is InChI=1S/C12H17NO2/c1-5-9-11(6-2)15-7-10(13-9)12(14)8(3)4/h5-6,8,10,13H,1-2,7H2,3-4H3. The van der Waals surface area contributed by atoms with E-state index >= 15 is 0 Å². The van der Waals surface area contributed by atoms with E-state index in [9.17, 15) is 4.79 Å². The van der Waals surface area contributed by atoms with Crippen LogP contribution in [0.2, 0.25) is 0 Å². The lowest BCUT2D eigenvalue weighted by molar-refractivity contribution is -0.125. The van der Waals surface area contributed by atoms with E-state index in [0.717, 1.165) is 5.70 Å². The molecule has 1 rings (SSSR count). The van der Waals surface area contributed by atoms with Gasteiger partial charge in [-0.1, -0.05) is 27.0 Å². The highest BCUT2D eigenvalue weighted by molar-refractivity contribution is 5.86. The molecule has 0 amide bonds. The first kappa shape index (κ1) is 11.6. The van der Waals surface area contributed by atoms with Crippen molar-refractivity contribution in [1.29, 1.82) is 0 Å². The maximum atomic E-state index is 11.7. The molecule has 0 saturated heterocycles. The molecule has 0 bridgehead atoms.